The van der Waals surface area contributed by atoms with E-state index < -0.39 is 10.8 Å². The van der Waals surface area contributed by atoms with E-state index in [9.17, 15) is 4.21 Å². The van der Waals surface area contributed by atoms with Crippen LogP contribution >= 0.6 is 0 Å². The Morgan fingerprint density at radius 2 is 1.65 bits per heavy atom. The van der Waals surface area contributed by atoms with Crippen LogP contribution in [0.4, 0.5) is 0 Å². The van der Waals surface area contributed by atoms with Crippen LogP contribution in [0.3, 0.4) is 0 Å². The molecule has 1 aromatic carbocycles. The average molecular weight is 253 g/mol. The molecule has 0 fully saturated rings. The summed E-state index contributed by atoms with van der Waals surface area (Å²) in [7, 11) is -0.906. The van der Waals surface area contributed by atoms with Gasteiger partial charge in [0.25, 0.3) is 0 Å². The van der Waals surface area contributed by atoms with Crippen molar-refractivity contribution in [3.05, 3.63) is 34.9 Å². The van der Waals surface area contributed by atoms with E-state index in [4.69, 9.17) is 5.73 Å². The van der Waals surface area contributed by atoms with Crippen molar-refractivity contribution >= 4 is 10.8 Å². The number of aryl methyl sites for hydroxylation is 2. The van der Waals surface area contributed by atoms with Crippen molar-refractivity contribution in [3.63, 3.8) is 0 Å². The molecular weight excluding hydrogens is 230 g/mol. The fourth-order valence-electron chi connectivity index (χ4n) is 1.73. The standard InChI is InChI=1S/C14H23NOS/c1-10-6-11(2)8-12(7-10)13(15)9-17(16)14(3,4)5/h6-8,13H,9,15H2,1-5H3. The van der Waals surface area contributed by atoms with E-state index in [0.717, 1.165) is 5.56 Å². The van der Waals surface area contributed by atoms with Gasteiger partial charge in [0.05, 0.1) is 0 Å². The molecule has 2 nitrogen and oxygen atoms in total. The van der Waals surface area contributed by atoms with E-state index >= 15 is 0 Å². The average Bonchev–Trinajstić information content (AvgIpc) is 2.14. The summed E-state index contributed by atoms with van der Waals surface area (Å²) in [6.07, 6.45) is 0. The van der Waals surface area contributed by atoms with E-state index in [1.165, 1.54) is 11.1 Å². The number of rotatable bonds is 3. The van der Waals surface area contributed by atoms with E-state index in [-0.39, 0.29) is 10.8 Å². The minimum atomic E-state index is -0.906. The molecule has 0 radical (unpaired) electrons. The van der Waals surface area contributed by atoms with E-state index in [0.29, 0.717) is 5.75 Å². The Morgan fingerprint density at radius 1 is 1.18 bits per heavy atom. The van der Waals surface area contributed by atoms with Crippen molar-refractivity contribution in [1.29, 1.82) is 0 Å². The topological polar surface area (TPSA) is 43.1 Å². The van der Waals surface area contributed by atoms with Gasteiger partial charge >= 0.3 is 0 Å². The Balaban J connectivity index is 2.83. The van der Waals surface area contributed by atoms with Gasteiger partial charge in [0.1, 0.15) is 0 Å². The van der Waals surface area contributed by atoms with Gasteiger partial charge in [-0.3, -0.25) is 4.21 Å². The number of benzene rings is 1. The van der Waals surface area contributed by atoms with Crippen LogP contribution in [0.15, 0.2) is 18.2 Å². The smallest absolute Gasteiger partial charge is 0.0433 e. The Bertz CT molecular complexity index is 400. The lowest BCUT2D eigenvalue weighted by Crippen LogP contribution is -2.29. The highest BCUT2D eigenvalue weighted by molar-refractivity contribution is 7.86. The summed E-state index contributed by atoms with van der Waals surface area (Å²) in [6, 6.07) is 6.14. The molecule has 0 aliphatic heterocycles. The summed E-state index contributed by atoms with van der Waals surface area (Å²) in [4.78, 5) is 0. The van der Waals surface area contributed by atoms with Gasteiger partial charge in [0, 0.05) is 27.3 Å². The molecule has 17 heavy (non-hydrogen) atoms. The monoisotopic (exact) mass is 253 g/mol. The highest BCUT2D eigenvalue weighted by atomic mass is 32.2. The number of nitrogens with two attached hydrogens (primary N) is 1. The van der Waals surface area contributed by atoms with Crippen LogP contribution in [0.25, 0.3) is 0 Å². The van der Waals surface area contributed by atoms with Gasteiger partial charge in [-0.2, -0.15) is 0 Å². The minimum Gasteiger partial charge on any atom is -0.323 e. The maximum Gasteiger partial charge on any atom is 0.0433 e. The third-order valence-corrected chi connectivity index (χ3v) is 4.71. The third-order valence-electron chi connectivity index (χ3n) is 2.69. The maximum atomic E-state index is 12.0. The molecule has 1 aromatic rings. The lowest BCUT2D eigenvalue weighted by molar-refractivity contribution is 0.640. The summed E-state index contributed by atoms with van der Waals surface area (Å²) in [5, 5.41) is 0. The molecule has 3 heteroatoms. The van der Waals surface area contributed by atoms with Crippen molar-refractivity contribution in [3.8, 4) is 0 Å². The molecule has 96 valence electrons. The molecule has 2 N–H and O–H groups in total. The lowest BCUT2D eigenvalue weighted by atomic mass is 10.0. The normalized spacial score (nSPS) is 15.6. The summed E-state index contributed by atoms with van der Waals surface area (Å²) < 4.78 is 11.9. The Hall–Kier alpha value is -0.670. The predicted octanol–water partition coefficient (Wildman–Crippen LogP) is 2.85. The van der Waals surface area contributed by atoms with Crippen LogP contribution in [0.2, 0.25) is 0 Å². The van der Waals surface area contributed by atoms with Gasteiger partial charge in [-0.1, -0.05) is 29.3 Å². The van der Waals surface area contributed by atoms with Gasteiger partial charge in [0.2, 0.25) is 0 Å². The molecule has 0 saturated heterocycles. The summed E-state index contributed by atoms with van der Waals surface area (Å²) >= 11 is 0. The quantitative estimate of drug-likeness (QED) is 0.900. The number of hydrogen-bond acceptors (Lipinski definition) is 2. The van der Waals surface area contributed by atoms with Crippen LogP contribution in [0.1, 0.15) is 43.5 Å². The fourth-order valence-corrected chi connectivity index (χ4v) is 2.75. The highest BCUT2D eigenvalue weighted by Crippen LogP contribution is 2.20. The summed E-state index contributed by atoms with van der Waals surface area (Å²) in [6.45, 7) is 10.1. The first-order valence-corrected chi connectivity index (χ1v) is 7.24. The Kier molecular flexibility index (Phi) is 4.50. The second-order valence-electron chi connectivity index (χ2n) is 5.65. The zero-order valence-electron chi connectivity index (χ0n) is 11.4. The van der Waals surface area contributed by atoms with Crippen LogP contribution in [0, 0.1) is 13.8 Å². The summed E-state index contributed by atoms with van der Waals surface area (Å²) in [5.41, 5.74) is 9.63. The van der Waals surface area contributed by atoms with Crippen molar-refractivity contribution in [2.24, 2.45) is 5.73 Å². The molecule has 1 rings (SSSR count). The van der Waals surface area contributed by atoms with Crippen LogP contribution in [0.5, 0.6) is 0 Å². The van der Waals surface area contributed by atoms with Crippen molar-refractivity contribution in [1.82, 2.24) is 0 Å². The molecule has 2 unspecified atom stereocenters. The van der Waals surface area contributed by atoms with Crippen molar-refractivity contribution < 1.29 is 4.21 Å². The zero-order valence-corrected chi connectivity index (χ0v) is 12.2. The highest BCUT2D eigenvalue weighted by Gasteiger charge is 2.22. The molecular formula is C14H23NOS. The molecule has 0 bridgehead atoms. The van der Waals surface area contributed by atoms with Crippen LogP contribution in [-0.2, 0) is 10.8 Å². The fraction of sp³-hybridized carbons (Fsp3) is 0.571. The van der Waals surface area contributed by atoms with Crippen molar-refractivity contribution in [2.75, 3.05) is 5.75 Å². The van der Waals surface area contributed by atoms with Gasteiger partial charge in [0.15, 0.2) is 0 Å². The predicted molar refractivity (Wildman–Crippen MR) is 75.6 cm³/mol. The largest absolute Gasteiger partial charge is 0.323 e. The van der Waals surface area contributed by atoms with Crippen LogP contribution < -0.4 is 5.73 Å². The van der Waals surface area contributed by atoms with E-state index in [1.807, 2.05) is 20.8 Å². The SMILES string of the molecule is Cc1cc(C)cc(C(N)CS(=O)C(C)(C)C)c1. The molecule has 0 heterocycles. The lowest BCUT2D eigenvalue weighted by Gasteiger charge is -2.21. The first-order valence-electron chi connectivity index (χ1n) is 5.92. The van der Waals surface area contributed by atoms with Gasteiger partial charge in [-0.05, 0) is 40.2 Å². The van der Waals surface area contributed by atoms with E-state index in [1.54, 1.807) is 0 Å². The Labute approximate surface area is 107 Å². The third kappa shape index (κ3) is 4.25. The second kappa shape index (κ2) is 5.32. The minimum absolute atomic E-state index is 0.145. The number of hydrogen-bond donors (Lipinski definition) is 1. The second-order valence-corrected chi connectivity index (χ2v) is 7.90. The molecule has 0 aliphatic carbocycles. The zero-order chi connectivity index (χ0) is 13.2. The molecule has 0 aromatic heterocycles. The molecule has 0 spiro atoms. The summed E-state index contributed by atoms with van der Waals surface area (Å²) in [5.74, 6) is 0.520. The Morgan fingerprint density at radius 3 is 2.06 bits per heavy atom. The van der Waals surface area contributed by atoms with Crippen LogP contribution in [-0.4, -0.2) is 14.7 Å². The van der Waals surface area contributed by atoms with E-state index in [2.05, 4.69) is 32.0 Å². The molecule has 0 saturated carbocycles. The molecule has 2 atom stereocenters. The first-order chi connectivity index (χ1) is 7.70. The van der Waals surface area contributed by atoms with Crippen molar-refractivity contribution in [2.45, 2.75) is 45.4 Å². The van der Waals surface area contributed by atoms with Gasteiger partial charge < -0.3 is 5.73 Å². The van der Waals surface area contributed by atoms with Gasteiger partial charge in [-0.25, -0.2) is 0 Å². The molecule has 0 amide bonds. The first kappa shape index (κ1) is 14.4. The van der Waals surface area contributed by atoms with Gasteiger partial charge in [-0.15, -0.1) is 0 Å². The maximum absolute atomic E-state index is 12.0. The molecule has 0 aliphatic rings.